The third kappa shape index (κ3) is 1.67. The van der Waals surface area contributed by atoms with Crippen molar-refractivity contribution in [2.24, 2.45) is 0 Å². The molecule has 0 spiro atoms. The minimum absolute atomic E-state index is 0.460. The Morgan fingerprint density at radius 2 is 1.94 bits per heavy atom. The average Bonchev–Trinajstić information content (AvgIpc) is 2.74. The van der Waals surface area contributed by atoms with Crippen LogP contribution in [0, 0.1) is 13.8 Å². The number of fused-ring (bicyclic) bond motifs is 1. The third-order valence-electron chi connectivity index (χ3n) is 2.72. The molecule has 6 nitrogen and oxygen atoms in total. The maximum absolute atomic E-state index is 5.64. The van der Waals surface area contributed by atoms with Crippen LogP contribution in [0.3, 0.4) is 0 Å². The van der Waals surface area contributed by atoms with Crippen LogP contribution in [0.4, 0.5) is 5.82 Å². The van der Waals surface area contributed by atoms with Gasteiger partial charge in [0, 0.05) is 5.56 Å². The van der Waals surface area contributed by atoms with Gasteiger partial charge in [0.25, 0.3) is 0 Å². The minimum Gasteiger partial charge on any atom is -0.384 e. The van der Waals surface area contributed by atoms with E-state index >= 15 is 0 Å². The second kappa shape index (κ2) is 3.76. The first kappa shape index (κ1) is 10.6. The van der Waals surface area contributed by atoms with Gasteiger partial charge >= 0.3 is 0 Å². The van der Waals surface area contributed by atoms with Crippen LogP contribution in [0.15, 0.2) is 18.2 Å². The number of imidazole rings is 1. The van der Waals surface area contributed by atoms with Gasteiger partial charge in [0.1, 0.15) is 11.6 Å². The lowest BCUT2D eigenvalue weighted by Gasteiger charge is -2.00. The summed E-state index contributed by atoms with van der Waals surface area (Å²) in [6.07, 6.45) is 0. The van der Waals surface area contributed by atoms with Crippen LogP contribution < -0.4 is 5.73 Å². The number of aromatic nitrogens is 5. The maximum Gasteiger partial charge on any atom is 0.180 e. The van der Waals surface area contributed by atoms with Crippen molar-refractivity contribution in [1.29, 1.82) is 0 Å². The molecule has 0 atom stereocenters. The van der Waals surface area contributed by atoms with Crippen LogP contribution in [-0.4, -0.2) is 25.1 Å². The molecule has 3 aromatic rings. The van der Waals surface area contributed by atoms with E-state index in [1.807, 2.05) is 26.0 Å². The lowest BCUT2D eigenvalue weighted by Crippen LogP contribution is -1.94. The molecule has 0 aliphatic rings. The summed E-state index contributed by atoms with van der Waals surface area (Å²) in [5.74, 6) is 1.19. The standard InChI is InChI=1S/C12H12N6/c1-6-5-8(7(2)18-17-6)11-14-9-3-4-10(13)15-12(9)16-11/h3-5H,1-2H3,(H3,13,14,15,16). The molecule has 0 aromatic carbocycles. The third-order valence-corrected chi connectivity index (χ3v) is 2.72. The van der Waals surface area contributed by atoms with Crippen LogP contribution >= 0.6 is 0 Å². The van der Waals surface area contributed by atoms with E-state index in [1.165, 1.54) is 0 Å². The molecule has 3 rings (SSSR count). The highest BCUT2D eigenvalue weighted by molar-refractivity contribution is 5.77. The van der Waals surface area contributed by atoms with Gasteiger partial charge in [0.05, 0.1) is 16.9 Å². The highest BCUT2D eigenvalue weighted by atomic mass is 15.1. The Morgan fingerprint density at radius 1 is 1.11 bits per heavy atom. The second-order valence-electron chi connectivity index (χ2n) is 4.18. The van der Waals surface area contributed by atoms with Crippen LogP contribution in [0.25, 0.3) is 22.6 Å². The van der Waals surface area contributed by atoms with Crippen molar-refractivity contribution in [3.63, 3.8) is 0 Å². The first-order chi connectivity index (χ1) is 8.63. The molecule has 0 amide bonds. The summed E-state index contributed by atoms with van der Waals surface area (Å²) >= 11 is 0. The summed E-state index contributed by atoms with van der Waals surface area (Å²) in [4.78, 5) is 11.8. The van der Waals surface area contributed by atoms with Gasteiger partial charge in [-0.05, 0) is 32.0 Å². The lowest BCUT2D eigenvalue weighted by molar-refractivity contribution is 0.940. The fourth-order valence-electron chi connectivity index (χ4n) is 1.82. The number of H-pyrrole nitrogens is 1. The predicted octanol–water partition coefficient (Wildman–Crippen LogP) is 1.61. The molecular weight excluding hydrogens is 228 g/mol. The Labute approximate surface area is 103 Å². The van der Waals surface area contributed by atoms with Crippen LogP contribution in [-0.2, 0) is 0 Å². The zero-order chi connectivity index (χ0) is 12.7. The van der Waals surface area contributed by atoms with Crippen LogP contribution in [0.2, 0.25) is 0 Å². The van der Waals surface area contributed by atoms with E-state index in [0.717, 1.165) is 28.3 Å². The van der Waals surface area contributed by atoms with E-state index in [2.05, 4.69) is 25.1 Å². The van der Waals surface area contributed by atoms with Gasteiger partial charge < -0.3 is 10.7 Å². The van der Waals surface area contributed by atoms with E-state index in [0.29, 0.717) is 11.5 Å². The summed E-state index contributed by atoms with van der Waals surface area (Å²) in [6.45, 7) is 3.80. The highest BCUT2D eigenvalue weighted by Crippen LogP contribution is 2.22. The Bertz CT molecular complexity index is 731. The van der Waals surface area contributed by atoms with Gasteiger partial charge in [-0.1, -0.05) is 0 Å². The SMILES string of the molecule is Cc1cc(-c2nc3nc(N)ccc3[nH]2)c(C)nn1. The van der Waals surface area contributed by atoms with Crippen molar-refractivity contribution in [3.05, 3.63) is 29.6 Å². The van der Waals surface area contributed by atoms with Gasteiger partial charge in [0.2, 0.25) is 0 Å². The number of aromatic amines is 1. The van der Waals surface area contributed by atoms with E-state index in [9.17, 15) is 0 Å². The van der Waals surface area contributed by atoms with E-state index in [4.69, 9.17) is 5.73 Å². The molecule has 0 fully saturated rings. The summed E-state index contributed by atoms with van der Waals surface area (Å²) in [7, 11) is 0. The quantitative estimate of drug-likeness (QED) is 0.674. The first-order valence-electron chi connectivity index (χ1n) is 5.57. The Hall–Kier alpha value is -2.50. The molecule has 6 heteroatoms. The molecule has 0 saturated heterocycles. The summed E-state index contributed by atoms with van der Waals surface area (Å²) in [6, 6.07) is 5.56. The zero-order valence-electron chi connectivity index (χ0n) is 10.1. The molecule has 0 aliphatic heterocycles. The summed E-state index contributed by atoms with van der Waals surface area (Å²) < 4.78 is 0. The molecule has 0 radical (unpaired) electrons. The number of aryl methyl sites for hydroxylation is 2. The lowest BCUT2D eigenvalue weighted by atomic mass is 10.2. The fraction of sp³-hybridized carbons (Fsp3) is 0.167. The summed E-state index contributed by atoms with van der Waals surface area (Å²) in [5.41, 5.74) is 9.71. The molecular formula is C12H12N6. The molecule has 0 unspecified atom stereocenters. The predicted molar refractivity (Wildman–Crippen MR) is 68.8 cm³/mol. The van der Waals surface area contributed by atoms with Crippen LogP contribution in [0.1, 0.15) is 11.4 Å². The van der Waals surface area contributed by atoms with Gasteiger partial charge in [0.15, 0.2) is 5.65 Å². The number of nitrogen functional groups attached to an aromatic ring is 1. The largest absolute Gasteiger partial charge is 0.384 e. The number of anilines is 1. The number of nitrogens with one attached hydrogen (secondary N) is 1. The fourth-order valence-corrected chi connectivity index (χ4v) is 1.82. The van der Waals surface area contributed by atoms with Crippen molar-refractivity contribution in [3.8, 4) is 11.4 Å². The van der Waals surface area contributed by atoms with Gasteiger partial charge in [-0.15, -0.1) is 0 Å². The molecule has 3 N–H and O–H groups in total. The average molecular weight is 240 g/mol. The normalized spacial score (nSPS) is 11.0. The van der Waals surface area contributed by atoms with Gasteiger partial charge in [-0.2, -0.15) is 10.2 Å². The number of nitrogens with zero attached hydrogens (tertiary/aromatic N) is 4. The maximum atomic E-state index is 5.64. The van der Waals surface area contributed by atoms with E-state index < -0.39 is 0 Å². The van der Waals surface area contributed by atoms with Crippen molar-refractivity contribution in [2.45, 2.75) is 13.8 Å². The van der Waals surface area contributed by atoms with E-state index in [1.54, 1.807) is 6.07 Å². The topological polar surface area (TPSA) is 93.4 Å². The van der Waals surface area contributed by atoms with E-state index in [-0.39, 0.29) is 0 Å². The monoisotopic (exact) mass is 240 g/mol. The Morgan fingerprint density at radius 3 is 2.78 bits per heavy atom. The molecule has 90 valence electrons. The summed E-state index contributed by atoms with van der Waals surface area (Å²) in [5, 5.41) is 8.09. The molecule has 0 bridgehead atoms. The van der Waals surface area contributed by atoms with Gasteiger partial charge in [-0.3, -0.25) is 0 Å². The second-order valence-corrected chi connectivity index (χ2v) is 4.18. The van der Waals surface area contributed by atoms with Gasteiger partial charge in [-0.25, -0.2) is 9.97 Å². The minimum atomic E-state index is 0.460. The first-order valence-corrected chi connectivity index (χ1v) is 5.57. The zero-order valence-corrected chi connectivity index (χ0v) is 10.1. The van der Waals surface area contributed by atoms with Crippen molar-refractivity contribution >= 4 is 17.0 Å². The number of pyridine rings is 1. The number of nitrogens with two attached hydrogens (primary N) is 1. The smallest absolute Gasteiger partial charge is 0.180 e. The Kier molecular flexibility index (Phi) is 2.22. The Balaban J connectivity index is 2.22. The van der Waals surface area contributed by atoms with Crippen molar-refractivity contribution < 1.29 is 0 Å². The molecule has 0 aliphatic carbocycles. The molecule has 3 heterocycles. The molecule has 0 saturated carbocycles. The molecule has 18 heavy (non-hydrogen) atoms. The van der Waals surface area contributed by atoms with Crippen molar-refractivity contribution in [2.75, 3.05) is 5.73 Å². The number of hydrogen-bond donors (Lipinski definition) is 2. The number of hydrogen-bond acceptors (Lipinski definition) is 5. The number of rotatable bonds is 1. The van der Waals surface area contributed by atoms with Crippen molar-refractivity contribution in [1.82, 2.24) is 25.1 Å². The van der Waals surface area contributed by atoms with Crippen LogP contribution in [0.5, 0.6) is 0 Å². The highest BCUT2D eigenvalue weighted by Gasteiger charge is 2.10. The molecule has 3 aromatic heterocycles.